The lowest BCUT2D eigenvalue weighted by Gasteiger charge is -2.23. The maximum Gasteiger partial charge on any atom is 0.328 e. The number of nitrogens with zero attached hydrogens (tertiary/aromatic N) is 1. The first-order valence-corrected chi connectivity index (χ1v) is 25.8. The quantitative estimate of drug-likeness (QED) is 0.0399. The molecule has 0 heterocycles. The zero-order valence-electron chi connectivity index (χ0n) is 40.7. The van der Waals surface area contributed by atoms with Crippen molar-refractivity contribution in [1.29, 1.82) is 0 Å². The standard InChI is InChI=1S/C53H96N2O6/c1-6-8-10-12-14-16-18-20-22-24-26-28-30-32-34-36-45-60-51(56)43-42-50(54-52(57)48-38-40-49(41-39-48)59-47-44-55(3,4)5)53(58)61-46-37-35-33-31-29-27-25-23-21-19-17-15-13-11-9-7-2/h38-41,50H,6-37,42-47H2,1-5H3/p+1. The van der Waals surface area contributed by atoms with E-state index in [1.54, 1.807) is 24.3 Å². The minimum atomic E-state index is -0.933. The number of carbonyl (C=O) groups is 3. The minimum absolute atomic E-state index is 0.0387. The molecule has 1 amide bonds. The average molecular weight is 858 g/mol. The lowest BCUT2D eigenvalue weighted by Crippen LogP contribution is -2.42. The Morgan fingerprint density at radius 1 is 0.492 bits per heavy atom. The molecular weight excluding hydrogens is 761 g/mol. The summed E-state index contributed by atoms with van der Waals surface area (Å²) in [6, 6.07) is 6.00. The third-order valence-electron chi connectivity index (χ3n) is 11.9. The number of benzene rings is 1. The molecule has 1 aromatic rings. The van der Waals surface area contributed by atoms with E-state index < -0.39 is 12.0 Å². The van der Waals surface area contributed by atoms with E-state index in [9.17, 15) is 14.4 Å². The summed E-state index contributed by atoms with van der Waals surface area (Å²) in [7, 11) is 6.34. The Balaban J connectivity index is 2.35. The zero-order valence-corrected chi connectivity index (χ0v) is 40.7. The molecule has 0 aliphatic carbocycles. The van der Waals surface area contributed by atoms with Gasteiger partial charge in [0.2, 0.25) is 0 Å². The fourth-order valence-corrected chi connectivity index (χ4v) is 7.72. The van der Waals surface area contributed by atoms with E-state index in [1.165, 1.54) is 167 Å². The fraction of sp³-hybridized carbons (Fsp3) is 0.830. The molecule has 1 N–H and O–H groups in total. The van der Waals surface area contributed by atoms with Crippen LogP contribution in [0, 0.1) is 0 Å². The largest absolute Gasteiger partial charge is 0.488 e. The molecule has 8 nitrogen and oxygen atoms in total. The molecule has 0 bridgehead atoms. The summed E-state index contributed by atoms with van der Waals surface area (Å²) in [6.07, 6.45) is 41.4. The molecule has 0 aromatic heterocycles. The molecule has 0 aliphatic rings. The van der Waals surface area contributed by atoms with Crippen LogP contribution in [0.1, 0.15) is 243 Å². The lowest BCUT2D eigenvalue weighted by atomic mass is 10.0. The normalized spacial score (nSPS) is 12.0. The van der Waals surface area contributed by atoms with E-state index in [2.05, 4.69) is 40.3 Å². The van der Waals surface area contributed by atoms with E-state index >= 15 is 0 Å². The van der Waals surface area contributed by atoms with Gasteiger partial charge < -0.3 is 24.0 Å². The fourth-order valence-electron chi connectivity index (χ4n) is 7.72. The summed E-state index contributed by atoms with van der Waals surface area (Å²) in [5, 5.41) is 2.84. The van der Waals surface area contributed by atoms with Gasteiger partial charge in [0.1, 0.15) is 24.9 Å². The van der Waals surface area contributed by atoms with Crippen LogP contribution in [0.4, 0.5) is 0 Å². The van der Waals surface area contributed by atoms with E-state index in [-0.39, 0.29) is 24.7 Å². The van der Waals surface area contributed by atoms with Gasteiger partial charge in [0.25, 0.3) is 5.91 Å². The third kappa shape index (κ3) is 36.6. The first-order valence-electron chi connectivity index (χ1n) is 25.8. The van der Waals surface area contributed by atoms with Crippen LogP contribution in [-0.2, 0) is 19.1 Å². The minimum Gasteiger partial charge on any atom is -0.488 e. The van der Waals surface area contributed by atoms with Crippen LogP contribution < -0.4 is 10.1 Å². The molecule has 1 rings (SSSR count). The van der Waals surface area contributed by atoms with Crippen LogP contribution in [0.15, 0.2) is 24.3 Å². The van der Waals surface area contributed by atoms with Gasteiger partial charge in [-0.2, -0.15) is 0 Å². The molecule has 61 heavy (non-hydrogen) atoms. The van der Waals surface area contributed by atoms with Crippen molar-refractivity contribution >= 4 is 17.8 Å². The van der Waals surface area contributed by atoms with E-state index in [1.807, 2.05) is 0 Å². The van der Waals surface area contributed by atoms with Gasteiger partial charge in [-0.25, -0.2) is 4.79 Å². The molecule has 0 aliphatic heterocycles. The number of hydrogen-bond donors (Lipinski definition) is 1. The molecule has 1 unspecified atom stereocenters. The number of esters is 2. The van der Waals surface area contributed by atoms with Crippen LogP contribution in [0.25, 0.3) is 0 Å². The van der Waals surface area contributed by atoms with Gasteiger partial charge >= 0.3 is 11.9 Å². The van der Waals surface area contributed by atoms with Crippen LogP contribution in [-0.4, -0.2) is 75.9 Å². The van der Waals surface area contributed by atoms with Crippen molar-refractivity contribution in [3.05, 3.63) is 29.8 Å². The van der Waals surface area contributed by atoms with Crippen molar-refractivity contribution in [3.8, 4) is 5.75 Å². The van der Waals surface area contributed by atoms with Crippen molar-refractivity contribution < 1.29 is 33.1 Å². The Kier molecular flexibility index (Phi) is 37.2. The highest BCUT2D eigenvalue weighted by molar-refractivity contribution is 5.97. The van der Waals surface area contributed by atoms with Crippen molar-refractivity contribution in [2.45, 2.75) is 238 Å². The van der Waals surface area contributed by atoms with Gasteiger partial charge in [0.15, 0.2) is 0 Å². The number of ether oxygens (including phenoxy) is 3. The summed E-state index contributed by atoms with van der Waals surface area (Å²) in [6.45, 7) is 6.67. The predicted octanol–water partition coefficient (Wildman–Crippen LogP) is 14.3. The number of amides is 1. The molecule has 354 valence electrons. The molecule has 0 fully saturated rings. The molecule has 8 heteroatoms. The second-order valence-electron chi connectivity index (χ2n) is 18.9. The smallest absolute Gasteiger partial charge is 0.328 e. The Hall–Kier alpha value is -2.61. The maximum atomic E-state index is 13.3. The van der Waals surface area contributed by atoms with Crippen molar-refractivity contribution in [2.75, 3.05) is 47.5 Å². The number of hydrogen-bond acceptors (Lipinski definition) is 6. The average Bonchev–Trinajstić information content (AvgIpc) is 3.24. The monoisotopic (exact) mass is 858 g/mol. The molecule has 0 radical (unpaired) electrons. The highest BCUT2D eigenvalue weighted by atomic mass is 16.5. The Morgan fingerprint density at radius 2 is 0.852 bits per heavy atom. The van der Waals surface area contributed by atoms with Crippen molar-refractivity contribution in [3.63, 3.8) is 0 Å². The topological polar surface area (TPSA) is 90.9 Å². The van der Waals surface area contributed by atoms with E-state index in [4.69, 9.17) is 14.2 Å². The van der Waals surface area contributed by atoms with Gasteiger partial charge in [0, 0.05) is 12.0 Å². The highest BCUT2D eigenvalue weighted by Gasteiger charge is 2.24. The number of rotatable bonds is 44. The number of likely N-dealkylation sites (N-methyl/N-ethyl adjacent to an activating group) is 1. The molecule has 1 atom stereocenters. The van der Waals surface area contributed by atoms with Crippen molar-refractivity contribution in [1.82, 2.24) is 5.32 Å². The van der Waals surface area contributed by atoms with E-state index in [0.29, 0.717) is 31.1 Å². The Labute approximate surface area is 376 Å². The maximum absolute atomic E-state index is 13.3. The predicted molar refractivity (Wildman–Crippen MR) is 256 cm³/mol. The van der Waals surface area contributed by atoms with Gasteiger partial charge in [-0.1, -0.05) is 206 Å². The lowest BCUT2D eigenvalue weighted by molar-refractivity contribution is -0.870. The van der Waals surface area contributed by atoms with Crippen LogP contribution in [0.5, 0.6) is 5.75 Å². The zero-order chi connectivity index (χ0) is 44.5. The second-order valence-corrected chi connectivity index (χ2v) is 18.9. The Bertz CT molecular complexity index is 1170. The number of quaternary nitrogens is 1. The second kappa shape index (κ2) is 40.2. The van der Waals surface area contributed by atoms with Crippen LogP contribution in [0.3, 0.4) is 0 Å². The Morgan fingerprint density at radius 3 is 1.23 bits per heavy atom. The summed E-state index contributed by atoms with van der Waals surface area (Å²) >= 11 is 0. The molecule has 0 saturated carbocycles. The van der Waals surface area contributed by atoms with Crippen LogP contribution >= 0.6 is 0 Å². The highest BCUT2D eigenvalue weighted by Crippen LogP contribution is 2.17. The molecular formula is C53H97N2O6+. The van der Waals surface area contributed by atoms with E-state index in [0.717, 1.165) is 49.6 Å². The SMILES string of the molecule is CCCCCCCCCCCCCCCCCCOC(=O)CCC(NC(=O)c1ccc(OCC[N+](C)(C)C)cc1)C(=O)OCCCCCCCCCCCCCCCCCC. The van der Waals surface area contributed by atoms with Gasteiger partial charge in [-0.3, -0.25) is 9.59 Å². The first-order chi connectivity index (χ1) is 29.7. The summed E-state index contributed by atoms with van der Waals surface area (Å²) in [4.78, 5) is 39.2. The van der Waals surface area contributed by atoms with Gasteiger partial charge in [0.05, 0.1) is 34.4 Å². The summed E-state index contributed by atoms with van der Waals surface area (Å²) in [5.74, 6) is -0.544. The van der Waals surface area contributed by atoms with Gasteiger partial charge in [-0.05, 0) is 43.5 Å². The molecule has 0 spiro atoms. The third-order valence-corrected chi connectivity index (χ3v) is 11.9. The number of unbranched alkanes of at least 4 members (excludes halogenated alkanes) is 30. The summed E-state index contributed by atoms with van der Waals surface area (Å²) < 4.78 is 17.8. The van der Waals surface area contributed by atoms with Crippen molar-refractivity contribution in [2.24, 2.45) is 0 Å². The van der Waals surface area contributed by atoms with Gasteiger partial charge in [-0.15, -0.1) is 0 Å². The molecule has 0 saturated heterocycles. The number of nitrogens with one attached hydrogen (secondary N) is 1. The number of carbonyl (C=O) groups excluding carboxylic acids is 3. The summed E-state index contributed by atoms with van der Waals surface area (Å²) in [5.41, 5.74) is 0.417. The first kappa shape index (κ1) is 56.4. The van der Waals surface area contributed by atoms with Crippen LogP contribution in [0.2, 0.25) is 0 Å². The molecule has 1 aromatic carbocycles.